The van der Waals surface area contributed by atoms with Gasteiger partial charge in [-0.25, -0.2) is 9.18 Å². The molecule has 4 rings (SSSR count). The highest BCUT2D eigenvalue weighted by Gasteiger charge is 2.56. The van der Waals surface area contributed by atoms with Crippen molar-refractivity contribution in [2.45, 2.75) is 81.2 Å². The van der Waals surface area contributed by atoms with E-state index in [4.69, 9.17) is 40.0 Å². The van der Waals surface area contributed by atoms with Crippen molar-refractivity contribution in [1.82, 2.24) is 20.9 Å². The number of nitrogens with one attached hydrogen (secondary N) is 5. The molecule has 0 saturated carbocycles. The van der Waals surface area contributed by atoms with Gasteiger partial charge < -0.3 is 75.4 Å². The van der Waals surface area contributed by atoms with Gasteiger partial charge in [0.1, 0.15) is 23.6 Å². The van der Waals surface area contributed by atoms with Crippen molar-refractivity contribution in [2.24, 2.45) is 0 Å². The van der Waals surface area contributed by atoms with Gasteiger partial charge in [0.25, 0.3) is 34.4 Å². The number of nitrogens with zero attached hydrogens (tertiary/aromatic N) is 1. The maximum atomic E-state index is 13.2. The molecule has 0 bridgehead atoms. The zero-order chi connectivity index (χ0) is 52.5. The molecule has 400 valence electrons. The summed E-state index contributed by atoms with van der Waals surface area (Å²) in [5, 5.41) is 56.7. The minimum Gasteiger partial charge on any atom is -0.477 e. The summed E-state index contributed by atoms with van der Waals surface area (Å²) in [4.78, 5) is 97.3. The smallest absolute Gasteiger partial charge is 0.364 e. The normalized spacial score (nSPS) is 19.6. The van der Waals surface area contributed by atoms with Crippen LogP contribution in [-0.2, 0) is 63.6 Å². The number of carbonyl (C=O) groups is 6. The number of carboxylic acids is 1. The third kappa shape index (κ3) is 19.2. The molecule has 5 amide bonds. The van der Waals surface area contributed by atoms with Crippen molar-refractivity contribution in [3.8, 4) is 0 Å². The summed E-state index contributed by atoms with van der Waals surface area (Å²) >= 11 is 5.88. The van der Waals surface area contributed by atoms with Crippen molar-refractivity contribution in [3.63, 3.8) is 0 Å². The van der Waals surface area contributed by atoms with Gasteiger partial charge >= 0.3 is 5.97 Å². The van der Waals surface area contributed by atoms with Crippen LogP contribution < -0.4 is 37.4 Å². The molecule has 0 aliphatic carbocycles. The molecule has 26 heteroatoms. The lowest BCUT2D eigenvalue weighted by atomic mass is 9.88. The van der Waals surface area contributed by atoms with Crippen LogP contribution in [0.3, 0.4) is 0 Å². The first-order valence-electron chi connectivity index (χ1n) is 23.4. The number of carbonyl (C=O) groups excluding carboxylic acids is 5. The van der Waals surface area contributed by atoms with Gasteiger partial charge in [0.2, 0.25) is 11.8 Å². The summed E-state index contributed by atoms with van der Waals surface area (Å²) in [6.45, 7) is 0.942. The molecular formula is C46H64ClFN6O18. The fourth-order valence-electron chi connectivity index (χ4n) is 7.33. The number of unbranched alkanes of at least 4 members (excludes halogenated alkanes) is 3. The topological polar surface area (TPSA) is 336 Å². The molecule has 2 aromatic rings. The molecule has 2 aromatic carbocycles. The summed E-state index contributed by atoms with van der Waals surface area (Å²) < 4.78 is 46.3. The zero-order valence-electron chi connectivity index (χ0n) is 39.6. The van der Waals surface area contributed by atoms with Crippen molar-refractivity contribution in [1.29, 1.82) is 0 Å². The van der Waals surface area contributed by atoms with Crippen LogP contribution in [0.2, 0.25) is 5.02 Å². The number of carboxylic acid groups (broad SMARTS) is 1. The van der Waals surface area contributed by atoms with Gasteiger partial charge in [-0.05, 0) is 30.5 Å². The fourth-order valence-corrected chi connectivity index (χ4v) is 7.46. The Hall–Kier alpha value is -5.48. The molecule has 9 N–H and O–H groups in total. The van der Waals surface area contributed by atoms with Gasteiger partial charge in [-0.15, -0.1) is 0 Å². The Kier molecular flexibility index (Phi) is 25.6. The van der Waals surface area contributed by atoms with Gasteiger partial charge in [0.05, 0.1) is 84.1 Å². The first kappa shape index (κ1) is 59.1. The average Bonchev–Trinajstić information content (AvgIpc) is 3.69. The number of aliphatic hydroxyl groups excluding tert-OH is 3. The maximum Gasteiger partial charge on any atom is 0.364 e. The number of benzene rings is 1. The van der Waals surface area contributed by atoms with E-state index in [-0.39, 0.29) is 76.2 Å². The number of amides is 5. The van der Waals surface area contributed by atoms with E-state index in [0.717, 1.165) is 17.1 Å². The molecule has 72 heavy (non-hydrogen) atoms. The Morgan fingerprint density at radius 1 is 0.750 bits per heavy atom. The number of rotatable bonds is 37. The number of halogens is 2. The largest absolute Gasteiger partial charge is 0.477 e. The second kappa shape index (κ2) is 31.2. The number of aliphatic carboxylic acids is 1. The Morgan fingerprint density at radius 2 is 1.32 bits per heavy atom. The minimum atomic E-state index is -2.54. The highest BCUT2D eigenvalue weighted by molar-refractivity contribution is 6.30. The van der Waals surface area contributed by atoms with Gasteiger partial charge in [0.15, 0.2) is 6.67 Å². The Labute approximate surface area is 418 Å². The van der Waals surface area contributed by atoms with Crippen molar-refractivity contribution in [3.05, 3.63) is 67.5 Å². The van der Waals surface area contributed by atoms with Crippen LogP contribution in [0.5, 0.6) is 0 Å². The Balaban J connectivity index is 1.04. The van der Waals surface area contributed by atoms with Gasteiger partial charge in [-0.1, -0.05) is 36.6 Å². The third-order valence-electron chi connectivity index (χ3n) is 11.2. The van der Waals surface area contributed by atoms with Gasteiger partial charge in [0, 0.05) is 62.7 Å². The highest BCUT2D eigenvalue weighted by Crippen LogP contribution is 2.34. The van der Waals surface area contributed by atoms with E-state index in [1.807, 2.05) is 0 Å². The minimum absolute atomic E-state index is 0.000667. The first-order chi connectivity index (χ1) is 34.6. The average molecular weight is 1040 g/mol. The van der Waals surface area contributed by atoms with E-state index >= 15 is 0 Å². The molecule has 0 aromatic heterocycles. The number of ether oxygens (including phenoxy) is 6. The molecule has 0 radical (unpaired) electrons. The molecule has 1 fully saturated rings. The number of aliphatic hydroxyl groups is 3. The molecule has 0 spiro atoms. The number of anilines is 2. The SMILES string of the molecule is O=C(CCN1C(=O)C=CC1=O)NCCOCCOCCOCCOCCNc1c(NCCCCCCO[C@]2(C(=O)O)C[C@H](O)[C@@H](NC(=O)CF)[C@H]([C@H](O)[C@H](O)CNC(=O)Cc3ccc(Cl)cc3)O2)c(=O)c1=O. The van der Waals surface area contributed by atoms with Crippen LogP contribution >= 0.6 is 11.6 Å². The van der Waals surface area contributed by atoms with Crippen LogP contribution in [-0.4, -0.2) is 196 Å². The maximum absolute atomic E-state index is 13.2. The summed E-state index contributed by atoms with van der Waals surface area (Å²) in [7, 11) is 0. The quantitative estimate of drug-likeness (QED) is 0.0207. The second-order valence-corrected chi connectivity index (χ2v) is 17.0. The van der Waals surface area contributed by atoms with Gasteiger partial charge in [-0.2, -0.15) is 0 Å². The molecule has 24 nitrogen and oxygen atoms in total. The number of hydrogen-bond acceptors (Lipinski definition) is 19. The lowest BCUT2D eigenvalue weighted by Crippen LogP contribution is -2.68. The summed E-state index contributed by atoms with van der Waals surface area (Å²) in [6.07, 6.45) is -3.95. The Bertz CT molecular complexity index is 2160. The number of hydrogen-bond donors (Lipinski definition) is 9. The predicted octanol–water partition coefficient (Wildman–Crippen LogP) is -1.70. The van der Waals surface area contributed by atoms with E-state index in [1.165, 1.54) is 0 Å². The second-order valence-electron chi connectivity index (χ2n) is 16.5. The van der Waals surface area contributed by atoms with Crippen molar-refractivity contribution in [2.75, 3.05) is 109 Å². The fraction of sp³-hybridized carbons (Fsp3) is 0.609. The lowest BCUT2D eigenvalue weighted by Gasteiger charge is -2.46. The monoisotopic (exact) mass is 1040 g/mol. The highest BCUT2D eigenvalue weighted by atomic mass is 35.5. The standard InChI is InChI=1S/C46H64ClFN6O18/c47-30-7-5-29(6-8-30)25-34(58)52-28-32(56)41(62)44-38(53-35(59)27-48)31(55)26-46(72-44,45(65)66)71-16-4-2-1-3-12-50-39-40(43(64)42(39)63)51-14-18-68-20-22-70-24-23-69-21-19-67-17-13-49-33(57)11-15-54-36(60)9-10-37(54)61/h5-10,31-32,38,41,44,50-51,55-56,62H,1-4,11-28H2,(H,49,57)(H,52,58)(H,53,59)(H,65,66)/t31-,32+,38+,41+,44+,46+/m0/s1. The molecule has 1 saturated heterocycles. The number of imide groups is 1. The van der Waals surface area contributed by atoms with Crippen LogP contribution in [0.15, 0.2) is 46.0 Å². The molecular weight excluding hydrogens is 979 g/mol. The first-order valence-corrected chi connectivity index (χ1v) is 23.8. The summed E-state index contributed by atoms with van der Waals surface area (Å²) in [6, 6.07) is 4.85. The summed E-state index contributed by atoms with van der Waals surface area (Å²) in [5.74, 6) is -7.13. The van der Waals surface area contributed by atoms with Gasteiger partial charge in [-0.3, -0.25) is 38.5 Å². The van der Waals surface area contributed by atoms with E-state index in [1.54, 1.807) is 24.3 Å². The molecule has 2 aliphatic heterocycles. The lowest BCUT2D eigenvalue weighted by molar-refractivity contribution is -0.310. The summed E-state index contributed by atoms with van der Waals surface area (Å²) in [5.41, 5.74) is -0.401. The van der Waals surface area contributed by atoms with E-state index in [9.17, 15) is 63.2 Å². The van der Waals surface area contributed by atoms with E-state index < -0.39 is 96.3 Å². The molecule has 2 heterocycles. The molecule has 2 aliphatic rings. The van der Waals surface area contributed by atoms with E-state index in [0.29, 0.717) is 75.8 Å². The van der Waals surface area contributed by atoms with Crippen LogP contribution in [0.1, 0.15) is 44.1 Å². The third-order valence-corrected chi connectivity index (χ3v) is 11.4. The molecule has 6 atom stereocenters. The van der Waals surface area contributed by atoms with Crippen LogP contribution in [0.25, 0.3) is 0 Å². The predicted molar refractivity (Wildman–Crippen MR) is 253 cm³/mol. The van der Waals surface area contributed by atoms with Crippen LogP contribution in [0.4, 0.5) is 15.8 Å². The van der Waals surface area contributed by atoms with Crippen LogP contribution in [0, 0.1) is 0 Å². The number of alkyl halides is 1. The molecule has 0 unspecified atom stereocenters. The zero-order valence-corrected chi connectivity index (χ0v) is 40.4. The van der Waals surface area contributed by atoms with Crippen molar-refractivity contribution >= 4 is 58.5 Å². The van der Waals surface area contributed by atoms with E-state index in [2.05, 4.69) is 26.6 Å². The Morgan fingerprint density at radius 3 is 1.92 bits per heavy atom. The van der Waals surface area contributed by atoms with Crippen molar-refractivity contribution < 1.29 is 82.0 Å².